The standard InChI is InChI=1S/C9H17N.CH4/c1-7(2)9-6-10-4-3-8(9)5-10;/h7-9H,3-6H2,1-2H3;1H4. The molecule has 0 aromatic carbocycles. The minimum absolute atomic E-state index is 0. The summed E-state index contributed by atoms with van der Waals surface area (Å²) in [6.07, 6.45) is 1.48. The summed E-state index contributed by atoms with van der Waals surface area (Å²) >= 11 is 0. The SMILES string of the molecule is C.CC(C)C1CN2CCC1C2. The average molecular weight is 155 g/mol. The molecule has 2 heterocycles. The van der Waals surface area contributed by atoms with Crippen LogP contribution in [0.15, 0.2) is 0 Å². The predicted octanol–water partition coefficient (Wildman–Crippen LogP) is 2.23. The summed E-state index contributed by atoms with van der Waals surface area (Å²) < 4.78 is 0. The van der Waals surface area contributed by atoms with Crippen LogP contribution in [0.4, 0.5) is 0 Å². The molecular formula is C10H21N. The number of nitrogens with zero attached hydrogens (tertiary/aromatic N) is 1. The van der Waals surface area contributed by atoms with Crippen LogP contribution in [0.1, 0.15) is 27.7 Å². The molecule has 0 aromatic heterocycles. The van der Waals surface area contributed by atoms with Gasteiger partial charge in [-0.15, -0.1) is 0 Å². The summed E-state index contributed by atoms with van der Waals surface area (Å²) in [6, 6.07) is 0. The Morgan fingerprint density at radius 3 is 2.27 bits per heavy atom. The lowest BCUT2D eigenvalue weighted by molar-refractivity contribution is 0.246. The highest BCUT2D eigenvalue weighted by molar-refractivity contribution is 4.91. The van der Waals surface area contributed by atoms with Crippen molar-refractivity contribution < 1.29 is 0 Å². The van der Waals surface area contributed by atoms with Crippen LogP contribution in [0.3, 0.4) is 0 Å². The Labute approximate surface area is 70.8 Å². The molecule has 2 aliphatic rings. The van der Waals surface area contributed by atoms with Crippen molar-refractivity contribution in [3.05, 3.63) is 0 Å². The highest BCUT2D eigenvalue weighted by atomic mass is 15.2. The molecule has 2 bridgehead atoms. The smallest absolute Gasteiger partial charge is 0.00154 e. The van der Waals surface area contributed by atoms with E-state index in [1.807, 2.05) is 0 Å². The third-order valence-electron chi connectivity index (χ3n) is 3.24. The highest BCUT2D eigenvalue weighted by Crippen LogP contribution is 2.36. The van der Waals surface area contributed by atoms with Crippen molar-refractivity contribution in [2.75, 3.05) is 19.6 Å². The summed E-state index contributed by atoms with van der Waals surface area (Å²) in [7, 11) is 0. The fourth-order valence-electron chi connectivity index (χ4n) is 2.58. The summed E-state index contributed by atoms with van der Waals surface area (Å²) in [5.74, 6) is 2.99. The fourth-order valence-corrected chi connectivity index (χ4v) is 2.58. The molecule has 0 radical (unpaired) electrons. The van der Waals surface area contributed by atoms with Gasteiger partial charge in [-0.1, -0.05) is 21.3 Å². The van der Waals surface area contributed by atoms with E-state index in [2.05, 4.69) is 18.7 Å². The molecular weight excluding hydrogens is 134 g/mol. The summed E-state index contributed by atoms with van der Waals surface area (Å²) in [5.41, 5.74) is 0. The van der Waals surface area contributed by atoms with E-state index < -0.39 is 0 Å². The third-order valence-corrected chi connectivity index (χ3v) is 3.24. The zero-order valence-corrected chi connectivity index (χ0v) is 7.01. The average Bonchev–Trinajstić information content (AvgIpc) is 2.44. The first-order chi connectivity index (χ1) is 4.77. The quantitative estimate of drug-likeness (QED) is 0.561. The van der Waals surface area contributed by atoms with Gasteiger partial charge < -0.3 is 4.90 Å². The third kappa shape index (κ3) is 1.44. The lowest BCUT2D eigenvalue weighted by Crippen LogP contribution is -2.26. The van der Waals surface area contributed by atoms with Crippen molar-refractivity contribution >= 4 is 0 Å². The molecule has 0 saturated carbocycles. The van der Waals surface area contributed by atoms with E-state index in [-0.39, 0.29) is 7.43 Å². The van der Waals surface area contributed by atoms with Crippen molar-refractivity contribution in [1.82, 2.24) is 4.90 Å². The van der Waals surface area contributed by atoms with E-state index in [1.54, 1.807) is 0 Å². The van der Waals surface area contributed by atoms with Gasteiger partial charge in [0.05, 0.1) is 0 Å². The Morgan fingerprint density at radius 2 is 2.00 bits per heavy atom. The molecule has 1 heteroatoms. The second-order valence-corrected chi connectivity index (χ2v) is 4.22. The zero-order chi connectivity index (χ0) is 7.14. The topological polar surface area (TPSA) is 3.24 Å². The van der Waals surface area contributed by atoms with Gasteiger partial charge in [0.2, 0.25) is 0 Å². The summed E-state index contributed by atoms with van der Waals surface area (Å²) in [4.78, 5) is 2.62. The van der Waals surface area contributed by atoms with Gasteiger partial charge in [-0.05, 0) is 30.7 Å². The number of fused-ring (bicyclic) bond motifs is 2. The van der Waals surface area contributed by atoms with Crippen molar-refractivity contribution in [3.63, 3.8) is 0 Å². The number of rotatable bonds is 1. The van der Waals surface area contributed by atoms with E-state index in [4.69, 9.17) is 0 Å². The number of hydrogen-bond acceptors (Lipinski definition) is 1. The Morgan fingerprint density at radius 1 is 1.27 bits per heavy atom. The molecule has 0 aromatic rings. The highest BCUT2D eigenvalue weighted by Gasteiger charge is 2.38. The van der Waals surface area contributed by atoms with Gasteiger partial charge in [0.25, 0.3) is 0 Å². The van der Waals surface area contributed by atoms with Gasteiger partial charge in [0, 0.05) is 13.1 Å². The maximum atomic E-state index is 2.62. The minimum Gasteiger partial charge on any atom is -0.303 e. The monoisotopic (exact) mass is 155 g/mol. The molecule has 2 rings (SSSR count). The van der Waals surface area contributed by atoms with E-state index >= 15 is 0 Å². The first-order valence-electron chi connectivity index (χ1n) is 4.49. The van der Waals surface area contributed by atoms with Crippen LogP contribution >= 0.6 is 0 Å². The zero-order valence-electron chi connectivity index (χ0n) is 7.01. The van der Waals surface area contributed by atoms with Crippen molar-refractivity contribution in [2.45, 2.75) is 27.7 Å². The first-order valence-corrected chi connectivity index (χ1v) is 4.49. The molecule has 2 saturated heterocycles. The Bertz CT molecular complexity index is 131. The molecule has 11 heavy (non-hydrogen) atoms. The van der Waals surface area contributed by atoms with Gasteiger partial charge in [-0.2, -0.15) is 0 Å². The lowest BCUT2D eigenvalue weighted by atomic mass is 9.84. The molecule has 1 nitrogen and oxygen atoms in total. The molecule has 0 aliphatic carbocycles. The van der Waals surface area contributed by atoms with Gasteiger partial charge in [0.1, 0.15) is 0 Å². The Balaban J connectivity index is 0.000000605. The maximum absolute atomic E-state index is 2.62. The molecule has 2 fully saturated rings. The second kappa shape index (κ2) is 3.14. The van der Waals surface area contributed by atoms with Crippen molar-refractivity contribution in [2.24, 2.45) is 17.8 Å². The normalized spacial score (nSPS) is 41.2. The minimum atomic E-state index is 0. The van der Waals surface area contributed by atoms with Gasteiger partial charge in [-0.25, -0.2) is 0 Å². The van der Waals surface area contributed by atoms with Crippen LogP contribution in [0.25, 0.3) is 0 Å². The number of hydrogen-bond donors (Lipinski definition) is 0. The molecule has 3 unspecified atom stereocenters. The van der Waals surface area contributed by atoms with Crippen molar-refractivity contribution in [3.8, 4) is 0 Å². The predicted molar refractivity (Wildman–Crippen MR) is 49.6 cm³/mol. The maximum Gasteiger partial charge on any atom is 0.00154 e. The number of piperidine rings is 1. The van der Waals surface area contributed by atoms with Crippen LogP contribution in [0, 0.1) is 17.8 Å². The molecule has 0 amide bonds. The van der Waals surface area contributed by atoms with E-state index in [9.17, 15) is 0 Å². The van der Waals surface area contributed by atoms with Crippen LogP contribution in [-0.4, -0.2) is 24.5 Å². The van der Waals surface area contributed by atoms with Crippen LogP contribution in [-0.2, 0) is 0 Å². The van der Waals surface area contributed by atoms with E-state index in [1.165, 1.54) is 26.1 Å². The fraction of sp³-hybridized carbons (Fsp3) is 1.00. The van der Waals surface area contributed by atoms with E-state index in [0.29, 0.717) is 0 Å². The Hall–Kier alpha value is -0.0400. The summed E-state index contributed by atoms with van der Waals surface area (Å²) in [6.45, 7) is 8.91. The summed E-state index contributed by atoms with van der Waals surface area (Å²) in [5, 5.41) is 0. The second-order valence-electron chi connectivity index (χ2n) is 4.22. The lowest BCUT2D eigenvalue weighted by Gasteiger charge is -2.24. The van der Waals surface area contributed by atoms with Crippen molar-refractivity contribution in [1.29, 1.82) is 0 Å². The molecule has 66 valence electrons. The molecule has 3 atom stereocenters. The molecule has 0 spiro atoms. The van der Waals surface area contributed by atoms with E-state index in [0.717, 1.165) is 17.8 Å². The van der Waals surface area contributed by atoms with Crippen LogP contribution in [0.2, 0.25) is 0 Å². The van der Waals surface area contributed by atoms with Crippen LogP contribution < -0.4 is 0 Å². The van der Waals surface area contributed by atoms with Gasteiger partial charge in [0.15, 0.2) is 0 Å². The van der Waals surface area contributed by atoms with Gasteiger partial charge in [-0.3, -0.25) is 0 Å². The Kier molecular flexibility index (Phi) is 2.58. The van der Waals surface area contributed by atoms with Crippen LogP contribution in [0.5, 0.6) is 0 Å². The van der Waals surface area contributed by atoms with Gasteiger partial charge >= 0.3 is 0 Å². The molecule has 0 N–H and O–H groups in total. The molecule has 2 aliphatic heterocycles. The first kappa shape index (κ1) is 9.05. The largest absolute Gasteiger partial charge is 0.303 e.